The van der Waals surface area contributed by atoms with Crippen LogP contribution >= 0.6 is 0 Å². The van der Waals surface area contributed by atoms with Crippen molar-refractivity contribution in [2.45, 2.75) is 19.3 Å². The van der Waals surface area contributed by atoms with E-state index in [1.807, 2.05) is 0 Å². The number of hydrogen-bond donors (Lipinski definition) is 2. The fourth-order valence-electron chi connectivity index (χ4n) is 1.65. The lowest BCUT2D eigenvalue weighted by Gasteiger charge is -2.21. The molecule has 16 heavy (non-hydrogen) atoms. The summed E-state index contributed by atoms with van der Waals surface area (Å²) in [6, 6.07) is 7.23. The Balaban J connectivity index is 3.48. The predicted molar refractivity (Wildman–Crippen MR) is 62.9 cm³/mol. The maximum Gasteiger partial charge on any atom is 0.251 e. The third kappa shape index (κ3) is 1.98. The number of benzene rings is 1. The molecule has 0 bridgehead atoms. The molecular formula is C12H15N3O. The monoisotopic (exact) mass is 217 g/mol. The van der Waals surface area contributed by atoms with E-state index in [1.54, 1.807) is 39.1 Å². The summed E-state index contributed by atoms with van der Waals surface area (Å²) in [5.41, 5.74) is 6.56. The number of anilines is 1. The van der Waals surface area contributed by atoms with E-state index < -0.39 is 5.41 Å². The smallest absolute Gasteiger partial charge is 0.251 e. The lowest BCUT2D eigenvalue weighted by molar-refractivity contribution is 0.0961. The highest BCUT2D eigenvalue weighted by atomic mass is 16.1. The standard InChI is InChI=1S/C12H15N3O/c1-12(2,7-13)10-8(11(16)15-3)5-4-6-9(10)14/h4-6H,14H2,1-3H3,(H,15,16). The molecule has 0 aliphatic heterocycles. The van der Waals surface area contributed by atoms with Crippen molar-refractivity contribution in [3.8, 4) is 6.07 Å². The van der Waals surface area contributed by atoms with Crippen molar-refractivity contribution in [1.29, 1.82) is 5.26 Å². The Morgan fingerprint density at radius 1 is 1.50 bits per heavy atom. The second-order valence-electron chi connectivity index (χ2n) is 4.09. The van der Waals surface area contributed by atoms with Crippen molar-refractivity contribution >= 4 is 11.6 Å². The third-order valence-electron chi connectivity index (χ3n) is 2.47. The molecule has 0 aliphatic rings. The first-order valence-electron chi connectivity index (χ1n) is 4.96. The molecule has 1 aromatic rings. The minimum Gasteiger partial charge on any atom is -0.398 e. The normalized spacial score (nSPS) is 10.6. The van der Waals surface area contributed by atoms with Crippen LogP contribution in [0.2, 0.25) is 0 Å². The SMILES string of the molecule is CNC(=O)c1cccc(N)c1C(C)(C)C#N. The molecule has 4 nitrogen and oxygen atoms in total. The fraction of sp³-hybridized carbons (Fsp3) is 0.333. The molecule has 0 unspecified atom stereocenters. The van der Waals surface area contributed by atoms with Crippen LogP contribution in [0.1, 0.15) is 29.8 Å². The van der Waals surface area contributed by atoms with Crippen LogP contribution < -0.4 is 11.1 Å². The Morgan fingerprint density at radius 2 is 2.12 bits per heavy atom. The summed E-state index contributed by atoms with van der Waals surface area (Å²) in [5, 5.41) is 11.7. The summed E-state index contributed by atoms with van der Waals surface area (Å²) in [6.45, 7) is 3.48. The molecule has 0 radical (unpaired) electrons. The van der Waals surface area contributed by atoms with Crippen LogP contribution in [-0.2, 0) is 5.41 Å². The Kier molecular flexibility index (Phi) is 3.19. The van der Waals surface area contributed by atoms with Crippen molar-refractivity contribution < 1.29 is 4.79 Å². The van der Waals surface area contributed by atoms with Gasteiger partial charge in [0.1, 0.15) is 0 Å². The molecule has 0 fully saturated rings. The first kappa shape index (κ1) is 12.1. The number of carbonyl (C=O) groups excluding carboxylic acids is 1. The molecule has 0 saturated carbocycles. The highest BCUT2D eigenvalue weighted by Gasteiger charge is 2.27. The van der Waals surface area contributed by atoms with Gasteiger partial charge in [0.05, 0.1) is 11.5 Å². The Morgan fingerprint density at radius 3 is 2.62 bits per heavy atom. The first-order valence-corrected chi connectivity index (χ1v) is 4.96. The summed E-state index contributed by atoms with van der Waals surface area (Å²) in [6.07, 6.45) is 0. The first-order chi connectivity index (χ1) is 7.44. The van der Waals surface area contributed by atoms with Gasteiger partial charge >= 0.3 is 0 Å². The van der Waals surface area contributed by atoms with Gasteiger partial charge in [-0.25, -0.2) is 0 Å². The van der Waals surface area contributed by atoms with Crippen LogP contribution in [0, 0.1) is 11.3 Å². The number of nitrogen functional groups attached to an aromatic ring is 1. The van der Waals surface area contributed by atoms with Gasteiger partial charge in [0.2, 0.25) is 0 Å². The fourth-order valence-corrected chi connectivity index (χ4v) is 1.65. The van der Waals surface area contributed by atoms with Crippen LogP contribution in [0.3, 0.4) is 0 Å². The van der Waals surface area contributed by atoms with Crippen LogP contribution in [0.4, 0.5) is 5.69 Å². The van der Waals surface area contributed by atoms with Crippen LogP contribution in [0.5, 0.6) is 0 Å². The number of carbonyl (C=O) groups is 1. The van der Waals surface area contributed by atoms with Crippen LogP contribution in [0.15, 0.2) is 18.2 Å². The quantitative estimate of drug-likeness (QED) is 0.735. The zero-order valence-electron chi connectivity index (χ0n) is 9.66. The van der Waals surface area contributed by atoms with Crippen molar-refractivity contribution in [3.05, 3.63) is 29.3 Å². The number of nitriles is 1. The maximum absolute atomic E-state index is 11.7. The second kappa shape index (κ2) is 4.23. The van der Waals surface area contributed by atoms with Crippen LogP contribution in [0.25, 0.3) is 0 Å². The molecular weight excluding hydrogens is 202 g/mol. The molecule has 0 aromatic heterocycles. The largest absolute Gasteiger partial charge is 0.398 e. The van der Waals surface area contributed by atoms with Crippen molar-refractivity contribution in [2.75, 3.05) is 12.8 Å². The van der Waals surface area contributed by atoms with Gasteiger partial charge in [-0.05, 0) is 26.0 Å². The Bertz CT molecular complexity index is 458. The molecule has 84 valence electrons. The summed E-state index contributed by atoms with van der Waals surface area (Å²) in [4.78, 5) is 11.7. The summed E-state index contributed by atoms with van der Waals surface area (Å²) in [7, 11) is 1.55. The Hall–Kier alpha value is -2.02. The van der Waals surface area contributed by atoms with E-state index in [-0.39, 0.29) is 5.91 Å². The van der Waals surface area contributed by atoms with Gasteiger partial charge in [-0.2, -0.15) is 5.26 Å². The van der Waals surface area contributed by atoms with Gasteiger partial charge < -0.3 is 11.1 Å². The number of hydrogen-bond acceptors (Lipinski definition) is 3. The zero-order valence-corrected chi connectivity index (χ0v) is 9.66. The van der Waals surface area contributed by atoms with Crippen molar-refractivity contribution in [3.63, 3.8) is 0 Å². The topological polar surface area (TPSA) is 78.9 Å². The summed E-state index contributed by atoms with van der Waals surface area (Å²) in [5.74, 6) is -0.231. The highest BCUT2D eigenvalue weighted by molar-refractivity contribution is 5.97. The lowest BCUT2D eigenvalue weighted by atomic mass is 9.82. The summed E-state index contributed by atoms with van der Waals surface area (Å²) < 4.78 is 0. The van der Waals surface area contributed by atoms with Gasteiger partial charge in [-0.3, -0.25) is 4.79 Å². The molecule has 0 aliphatic carbocycles. The van der Waals surface area contributed by atoms with E-state index in [0.717, 1.165) is 0 Å². The second-order valence-corrected chi connectivity index (χ2v) is 4.09. The number of nitrogens with two attached hydrogens (primary N) is 1. The van der Waals surface area contributed by atoms with Gasteiger partial charge in [-0.1, -0.05) is 6.07 Å². The number of nitrogens with zero attached hydrogens (tertiary/aromatic N) is 1. The molecule has 0 saturated heterocycles. The van der Waals surface area contributed by atoms with E-state index in [1.165, 1.54) is 0 Å². The molecule has 4 heteroatoms. The van der Waals surface area contributed by atoms with E-state index >= 15 is 0 Å². The molecule has 1 amide bonds. The molecule has 1 aromatic carbocycles. The van der Waals surface area contributed by atoms with Crippen LogP contribution in [-0.4, -0.2) is 13.0 Å². The average molecular weight is 217 g/mol. The Labute approximate surface area is 95.1 Å². The zero-order chi connectivity index (χ0) is 12.3. The molecule has 0 heterocycles. The summed E-state index contributed by atoms with van der Waals surface area (Å²) >= 11 is 0. The van der Waals surface area contributed by atoms with Gasteiger partial charge in [0.25, 0.3) is 5.91 Å². The molecule has 0 spiro atoms. The van der Waals surface area contributed by atoms with Crippen molar-refractivity contribution in [1.82, 2.24) is 5.32 Å². The molecule has 3 N–H and O–H groups in total. The molecule has 0 atom stereocenters. The van der Waals surface area contributed by atoms with E-state index in [2.05, 4.69) is 11.4 Å². The predicted octanol–water partition coefficient (Wildman–Crippen LogP) is 1.43. The number of nitrogens with one attached hydrogen (secondary N) is 1. The van der Waals surface area contributed by atoms with Gasteiger partial charge in [-0.15, -0.1) is 0 Å². The third-order valence-corrected chi connectivity index (χ3v) is 2.47. The molecule has 1 rings (SSSR count). The van der Waals surface area contributed by atoms with Gasteiger partial charge in [0.15, 0.2) is 0 Å². The number of amides is 1. The minimum absolute atomic E-state index is 0.231. The average Bonchev–Trinajstić information content (AvgIpc) is 2.27. The van der Waals surface area contributed by atoms with E-state index in [0.29, 0.717) is 16.8 Å². The minimum atomic E-state index is -0.785. The van der Waals surface area contributed by atoms with Gasteiger partial charge in [0, 0.05) is 23.9 Å². The highest BCUT2D eigenvalue weighted by Crippen LogP contribution is 2.30. The van der Waals surface area contributed by atoms with Crippen molar-refractivity contribution in [2.24, 2.45) is 0 Å². The lowest BCUT2D eigenvalue weighted by Crippen LogP contribution is -2.26. The maximum atomic E-state index is 11.7. The van der Waals surface area contributed by atoms with E-state index in [4.69, 9.17) is 11.0 Å². The number of rotatable bonds is 2. The van der Waals surface area contributed by atoms with E-state index in [9.17, 15) is 4.79 Å².